The summed E-state index contributed by atoms with van der Waals surface area (Å²) in [5.74, 6) is -0.463. The number of rotatable bonds is 6. The average Bonchev–Trinajstić information content (AvgIpc) is 3.21. The first-order valence-corrected chi connectivity index (χ1v) is 9.57. The zero-order valence-corrected chi connectivity index (χ0v) is 15.9. The smallest absolute Gasteiger partial charge is 0.251 e. The number of amides is 2. The van der Waals surface area contributed by atoms with Crippen molar-refractivity contribution in [1.29, 1.82) is 0 Å². The van der Waals surface area contributed by atoms with E-state index in [9.17, 15) is 9.59 Å². The molecule has 142 valence electrons. The average molecular weight is 365 g/mol. The van der Waals surface area contributed by atoms with Gasteiger partial charge in [-0.3, -0.25) is 9.59 Å². The van der Waals surface area contributed by atoms with Crippen LogP contribution in [-0.2, 0) is 4.79 Å². The number of carbonyl (C=O) groups excluding carboxylic acids is 2. The van der Waals surface area contributed by atoms with Gasteiger partial charge in [0.25, 0.3) is 5.91 Å². The number of carbonyl (C=O) groups is 2. The molecule has 1 aliphatic rings. The van der Waals surface area contributed by atoms with E-state index in [4.69, 9.17) is 0 Å². The number of anilines is 2. The molecule has 1 saturated heterocycles. The zero-order valence-electron chi connectivity index (χ0n) is 15.9. The Hall–Kier alpha value is -2.82. The third-order valence-electron chi connectivity index (χ3n) is 4.88. The molecule has 27 heavy (non-hydrogen) atoms. The molecule has 0 radical (unpaired) electrons. The lowest BCUT2D eigenvalue weighted by Gasteiger charge is -2.25. The molecule has 0 spiro atoms. The molecule has 2 amide bonds. The van der Waals surface area contributed by atoms with Gasteiger partial charge in [-0.2, -0.15) is 0 Å². The number of benzene rings is 2. The van der Waals surface area contributed by atoms with E-state index in [1.807, 2.05) is 56.3 Å². The van der Waals surface area contributed by atoms with Gasteiger partial charge < -0.3 is 15.5 Å². The topological polar surface area (TPSA) is 61.4 Å². The van der Waals surface area contributed by atoms with Crippen LogP contribution < -0.4 is 15.5 Å². The standard InChI is InChI=1S/C22H27N3O2/c1-16(2)20(24-21(26)17-10-4-3-5-11-17)22(27)23-18-12-6-7-13-19(18)25-14-8-9-15-25/h3-7,10-13,16,20H,8-9,14-15H2,1-2H3,(H,23,27)(H,24,26)/t20-/m0/s1. The van der Waals surface area contributed by atoms with E-state index >= 15 is 0 Å². The lowest BCUT2D eigenvalue weighted by Crippen LogP contribution is -2.47. The van der Waals surface area contributed by atoms with Gasteiger partial charge in [0.2, 0.25) is 5.91 Å². The lowest BCUT2D eigenvalue weighted by molar-refractivity contribution is -0.118. The SMILES string of the molecule is CC(C)[C@H](NC(=O)c1ccccc1)C(=O)Nc1ccccc1N1CCCC1. The van der Waals surface area contributed by atoms with Crippen LogP contribution >= 0.6 is 0 Å². The van der Waals surface area contributed by atoms with Gasteiger partial charge in [-0.05, 0) is 43.0 Å². The van der Waals surface area contributed by atoms with Crippen LogP contribution in [0.5, 0.6) is 0 Å². The zero-order chi connectivity index (χ0) is 19.2. The van der Waals surface area contributed by atoms with Crippen LogP contribution in [-0.4, -0.2) is 30.9 Å². The second-order valence-corrected chi connectivity index (χ2v) is 7.26. The van der Waals surface area contributed by atoms with Crippen LogP contribution in [0.15, 0.2) is 54.6 Å². The molecule has 2 N–H and O–H groups in total. The van der Waals surface area contributed by atoms with Crippen LogP contribution in [0.1, 0.15) is 37.0 Å². The fraction of sp³-hybridized carbons (Fsp3) is 0.364. The molecule has 0 saturated carbocycles. The van der Waals surface area contributed by atoms with Crippen molar-refractivity contribution in [2.24, 2.45) is 5.92 Å². The Morgan fingerprint density at radius 2 is 1.56 bits per heavy atom. The summed E-state index contributed by atoms with van der Waals surface area (Å²) >= 11 is 0. The first-order chi connectivity index (χ1) is 13.1. The predicted molar refractivity (Wildman–Crippen MR) is 109 cm³/mol. The number of hydrogen-bond acceptors (Lipinski definition) is 3. The highest BCUT2D eigenvalue weighted by Crippen LogP contribution is 2.28. The molecule has 0 aromatic heterocycles. The Morgan fingerprint density at radius 1 is 0.926 bits per heavy atom. The summed E-state index contributed by atoms with van der Waals surface area (Å²) in [5.41, 5.74) is 2.39. The van der Waals surface area contributed by atoms with Gasteiger partial charge in [-0.25, -0.2) is 0 Å². The van der Waals surface area contributed by atoms with E-state index in [0.717, 1.165) is 24.5 Å². The largest absolute Gasteiger partial charge is 0.370 e. The molecule has 0 aliphatic carbocycles. The molecule has 0 bridgehead atoms. The highest BCUT2D eigenvalue weighted by atomic mass is 16.2. The van der Waals surface area contributed by atoms with E-state index < -0.39 is 6.04 Å². The molecule has 2 aromatic carbocycles. The summed E-state index contributed by atoms with van der Waals surface area (Å²) < 4.78 is 0. The summed E-state index contributed by atoms with van der Waals surface area (Å²) in [6.45, 7) is 5.88. The third-order valence-corrected chi connectivity index (χ3v) is 4.88. The lowest BCUT2D eigenvalue weighted by atomic mass is 10.0. The maximum Gasteiger partial charge on any atom is 0.251 e. The van der Waals surface area contributed by atoms with E-state index in [1.54, 1.807) is 12.1 Å². The van der Waals surface area contributed by atoms with Crippen molar-refractivity contribution in [3.8, 4) is 0 Å². The summed E-state index contributed by atoms with van der Waals surface area (Å²) in [7, 11) is 0. The van der Waals surface area contributed by atoms with Gasteiger partial charge in [0, 0.05) is 18.7 Å². The number of hydrogen-bond donors (Lipinski definition) is 2. The second kappa shape index (κ2) is 8.71. The van der Waals surface area contributed by atoms with E-state index in [-0.39, 0.29) is 17.7 Å². The van der Waals surface area contributed by atoms with Gasteiger partial charge in [-0.15, -0.1) is 0 Å². The maximum absolute atomic E-state index is 12.9. The van der Waals surface area contributed by atoms with E-state index in [2.05, 4.69) is 15.5 Å². The third kappa shape index (κ3) is 4.67. The Bertz CT molecular complexity index is 783. The molecule has 1 fully saturated rings. The van der Waals surface area contributed by atoms with E-state index in [1.165, 1.54) is 12.8 Å². The molecular formula is C22H27N3O2. The molecule has 1 aliphatic heterocycles. The van der Waals surface area contributed by atoms with Crippen molar-refractivity contribution in [1.82, 2.24) is 5.32 Å². The Labute approximate surface area is 160 Å². The summed E-state index contributed by atoms with van der Waals surface area (Å²) in [5, 5.41) is 5.91. The van der Waals surface area contributed by atoms with Crippen molar-refractivity contribution in [2.45, 2.75) is 32.7 Å². The first-order valence-electron chi connectivity index (χ1n) is 9.57. The van der Waals surface area contributed by atoms with Crippen LogP contribution in [0, 0.1) is 5.92 Å². The number of nitrogens with one attached hydrogen (secondary N) is 2. The number of nitrogens with zero attached hydrogens (tertiary/aromatic N) is 1. The van der Waals surface area contributed by atoms with Gasteiger partial charge in [-0.1, -0.05) is 44.2 Å². The van der Waals surface area contributed by atoms with Crippen molar-refractivity contribution >= 4 is 23.2 Å². The van der Waals surface area contributed by atoms with Crippen LogP contribution in [0.2, 0.25) is 0 Å². The first kappa shape index (κ1) is 19.0. The molecule has 1 atom stereocenters. The minimum Gasteiger partial charge on any atom is -0.370 e. The van der Waals surface area contributed by atoms with Crippen molar-refractivity contribution < 1.29 is 9.59 Å². The molecule has 3 rings (SSSR count). The quantitative estimate of drug-likeness (QED) is 0.821. The van der Waals surface area contributed by atoms with Crippen LogP contribution in [0.25, 0.3) is 0 Å². The minimum absolute atomic E-state index is 0.0309. The van der Waals surface area contributed by atoms with Crippen LogP contribution in [0.4, 0.5) is 11.4 Å². The molecular weight excluding hydrogens is 338 g/mol. The van der Waals surface area contributed by atoms with Crippen molar-refractivity contribution in [3.63, 3.8) is 0 Å². The fourth-order valence-electron chi connectivity index (χ4n) is 3.37. The van der Waals surface area contributed by atoms with Gasteiger partial charge in [0.05, 0.1) is 11.4 Å². The van der Waals surface area contributed by atoms with Gasteiger partial charge in [0.15, 0.2) is 0 Å². The van der Waals surface area contributed by atoms with E-state index in [0.29, 0.717) is 5.56 Å². The molecule has 5 nitrogen and oxygen atoms in total. The predicted octanol–water partition coefficient (Wildman–Crippen LogP) is 3.68. The van der Waals surface area contributed by atoms with Crippen LogP contribution in [0.3, 0.4) is 0 Å². The Morgan fingerprint density at radius 3 is 2.22 bits per heavy atom. The highest BCUT2D eigenvalue weighted by Gasteiger charge is 2.26. The summed E-state index contributed by atoms with van der Waals surface area (Å²) in [6, 6.07) is 16.2. The maximum atomic E-state index is 12.9. The molecule has 5 heteroatoms. The summed E-state index contributed by atoms with van der Waals surface area (Å²) in [4.78, 5) is 27.7. The normalized spacial score (nSPS) is 14.9. The van der Waals surface area contributed by atoms with Crippen molar-refractivity contribution in [3.05, 3.63) is 60.2 Å². The Balaban J connectivity index is 1.74. The molecule has 0 unspecified atom stereocenters. The van der Waals surface area contributed by atoms with Gasteiger partial charge in [0.1, 0.15) is 6.04 Å². The Kier molecular flexibility index (Phi) is 6.12. The highest BCUT2D eigenvalue weighted by molar-refractivity contribution is 6.02. The summed E-state index contributed by atoms with van der Waals surface area (Å²) in [6.07, 6.45) is 2.34. The fourth-order valence-corrected chi connectivity index (χ4v) is 3.37. The molecule has 1 heterocycles. The minimum atomic E-state index is -0.607. The second-order valence-electron chi connectivity index (χ2n) is 7.26. The monoisotopic (exact) mass is 365 g/mol. The molecule has 2 aromatic rings. The van der Waals surface area contributed by atoms with Crippen molar-refractivity contribution in [2.75, 3.05) is 23.3 Å². The number of para-hydroxylation sites is 2. The van der Waals surface area contributed by atoms with Gasteiger partial charge >= 0.3 is 0 Å².